The Morgan fingerprint density at radius 1 is 1.15 bits per heavy atom. The molecular weight excluding hydrogens is 358 g/mol. The molecule has 0 unspecified atom stereocenters. The number of aromatic nitrogens is 2. The molecule has 0 radical (unpaired) electrons. The standard InChI is InChI=1S/C10H7BrF2N4O2S/c11-9-3-16-10(4-15-9)17-20(18,19)8-2-7(14)5(12)1-6(8)13/h1-4H,14H2,(H,16,17). The summed E-state index contributed by atoms with van der Waals surface area (Å²) in [5, 5.41) is 0. The summed E-state index contributed by atoms with van der Waals surface area (Å²) in [7, 11) is -4.29. The lowest BCUT2D eigenvalue weighted by Gasteiger charge is -2.09. The van der Waals surface area contributed by atoms with Crippen LogP contribution in [0.5, 0.6) is 0 Å². The predicted molar refractivity (Wildman–Crippen MR) is 71.3 cm³/mol. The van der Waals surface area contributed by atoms with E-state index in [0.29, 0.717) is 16.7 Å². The van der Waals surface area contributed by atoms with Crippen molar-refractivity contribution in [1.82, 2.24) is 9.97 Å². The zero-order valence-corrected chi connectivity index (χ0v) is 12.0. The van der Waals surface area contributed by atoms with Gasteiger partial charge in [-0.3, -0.25) is 4.72 Å². The number of nitrogens with two attached hydrogens (primary N) is 1. The molecule has 0 spiro atoms. The average molecular weight is 365 g/mol. The maximum atomic E-state index is 13.5. The van der Waals surface area contributed by atoms with Gasteiger partial charge >= 0.3 is 0 Å². The van der Waals surface area contributed by atoms with Crippen LogP contribution in [-0.4, -0.2) is 18.4 Å². The number of nitrogens with one attached hydrogen (secondary N) is 1. The van der Waals surface area contributed by atoms with E-state index < -0.39 is 32.2 Å². The minimum atomic E-state index is -4.29. The highest BCUT2D eigenvalue weighted by Crippen LogP contribution is 2.22. The van der Waals surface area contributed by atoms with Gasteiger partial charge in [-0.2, -0.15) is 0 Å². The van der Waals surface area contributed by atoms with E-state index in [1.165, 1.54) is 6.20 Å². The van der Waals surface area contributed by atoms with Crippen LogP contribution in [0, 0.1) is 11.6 Å². The minimum Gasteiger partial charge on any atom is -0.396 e. The molecule has 6 nitrogen and oxygen atoms in total. The Hall–Kier alpha value is -1.81. The summed E-state index contributed by atoms with van der Waals surface area (Å²) >= 11 is 3.03. The molecule has 10 heteroatoms. The van der Waals surface area contributed by atoms with Crippen molar-refractivity contribution < 1.29 is 17.2 Å². The van der Waals surface area contributed by atoms with E-state index in [-0.39, 0.29) is 5.82 Å². The van der Waals surface area contributed by atoms with Crippen LogP contribution in [0.15, 0.2) is 34.0 Å². The van der Waals surface area contributed by atoms with Crippen molar-refractivity contribution in [2.75, 3.05) is 10.5 Å². The van der Waals surface area contributed by atoms with E-state index in [4.69, 9.17) is 5.73 Å². The van der Waals surface area contributed by atoms with Gasteiger partial charge < -0.3 is 5.73 Å². The van der Waals surface area contributed by atoms with Crippen molar-refractivity contribution in [1.29, 1.82) is 0 Å². The van der Waals surface area contributed by atoms with Gasteiger partial charge in [-0.25, -0.2) is 27.2 Å². The van der Waals surface area contributed by atoms with Crippen LogP contribution in [-0.2, 0) is 10.0 Å². The summed E-state index contributed by atoms with van der Waals surface area (Å²) < 4.78 is 52.9. The molecule has 0 bridgehead atoms. The van der Waals surface area contributed by atoms with Crippen molar-refractivity contribution in [3.8, 4) is 0 Å². The van der Waals surface area contributed by atoms with Gasteiger partial charge in [0.1, 0.15) is 21.1 Å². The van der Waals surface area contributed by atoms with Gasteiger partial charge in [-0.05, 0) is 22.0 Å². The number of halogens is 3. The number of hydrogen-bond acceptors (Lipinski definition) is 5. The maximum Gasteiger partial charge on any atom is 0.266 e. The first-order valence-electron chi connectivity index (χ1n) is 5.04. The summed E-state index contributed by atoms with van der Waals surface area (Å²) in [4.78, 5) is 6.71. The third-order valence-electron chi connectivity index (χ3n) is 2.20. The first kappa shape index (κ1) is 14.6. The molecule has 2 aromatic rings. The Morgan fingerprint density at radius 2 is 1.85 bits per heavy atom. The van der Waals surface area contributed by atoms with Crippen molar-refractivity contribution in [3.05, 3.63) is 40.8 Å². The van der Waals surface area contributed by atoms with E-state index in [2.05, 4.69) is 25.9 Å². The number of rotatable bonds is 3. The van der Waals surface area contributed by atoms with Crippen LogP contribution in [0.25, 0.3) is 0 Å². The second-order valence-corrected chi connectivity index (χ2v) is 6.10. The van der Waals surface area contributed by atoms with Gasteiger partial charge in [-0.15, -0.1) is 0 Å². The third kappa shape index (κ3) is 3.02. The first-order chi connectivity index (χ1) is 9.29. The van der Waals surface area contributed by atoms with Gasteiger partial charge in [0, 0.05) is 6.07 Å². The molecule has 0 aliphatic rings. The number of benzene rings is 1. The van der Waals surface area contributed by atoms with Crippen LogP contribution in [0.3, 0.4) is 0 Å². The fourth-order valence-electron chi connectivity index (χ4n) is 1.31. The summed E-state index contributed by atoms with van der Waals surface area (Å²) in [6.45, 7) is 0. The lowest BCUT2D eigenvalue weighted by atomic mass is 10.3. The zero-order chi connectivity index (χ0) is 14.9. The van der Waals surface area contributed by atoms with Crippen molar-refractivity contribution in [2.24, 2.45) is 0 Å². The van der Waals surface area contributed by atoms with E-state index in [1.807, 2.05) is 4.72 Å². The number of anilines is 2. The molecule has 1 aromatic heterocycles. The van der Waals surface area contributed by atoms with Gasteiger partial charge in [0.15, 0.2) is 5.82 Å². The monoisotopic (exact) mass is 364 g/mol. The molecule has 0 aliphatic heterocycles. The SMILES string of the molecule is Nc1cc(S(=O)(=O)Nc2cnc(Br)cn2)c(F)cc1F. The number of sulfonamides is 1. The normalized spacial score (nSPS) is 11.3. The van der Waals surface area contributed by atoms with Gasteiger partial charge in [0.25, 0.3) is 10.0 Å². The van der Waals surface area contributed by atoms with Crippen LogP contribution in [0.1, 0.15) is 0 Å². The molecule has 1 heterocycles. The Labute approximate surface area is 121 Å². The van der Waals surface area contributed by atoms with E-state index in [9.17, 15) is 17.2 Å². The van der Waals surface area contributed by atoms with Crippen molar-refractivity contribution in [3.63, 3.8) is 0 Å². The molecule has 3 N–H and O–H groups in total. The molecule has 0 fully saturated rings. The van der Waals surface area contributed by atoms with E-state index >= 15 is 0 Å². The summed E-state index contributed by atoms with van der Waals surface area (Å²) in [6.07, 6.45) is 2.39. The fourth-order valence-corrected chi connectivity index (χ4v) is 2.60. The van der Waals surface area contributed by atoms with E-state index in [0.717, 1.165) is 6.20 Å². The highest BCUT2D eigenvalue weighted by molar-refractivity contribution is 9.10. The second kappa shape index (κ2) is 5.29. The van der Waals surface area contributed by atoms with Crippen LogP contribution in [0.4, 0.5) is 20.3 Å². The molecule has 0 amide bonds. The lowest BCUT2D eigenvalue weighted by Crippen LogP contribution is -2.16. The topological polar surface area (TPSA) is 98.0 Å². The van der Waals surface area contributed by atoms with Crippen molar-refractivity contribution >= 4 is 37.5 Å². The molecule has 0 aliphatic carbocycles. The van der Waals surface area contributed by atoms with Gasteiger partial charge in [0.05, 0.1) is 18.1 Å². The first-order valence-corrected chi connectivity index (χ1v) is 7.32. The number of nitrogen functional groups attached to an aromatic ring is 1. The zero-order valence-electron chi connectivity index (χ0n) is 9.64. The third-order valence-corrected chi connectivity index (χ3v) is 3.98. The van der Waals surface area contributed by atoms with Gasteiger partial charge in [0.2, 0.25) is 0 Å². The molecular formula is C10H7BrF2N4O2S. The Kier molecular flexibility index (Phi) is 3.86. The van der Waals surface area contributed by atoms with Gasteiger partial charge in [-0.1, -0.05) is 0 Å². The van der Waals surface area contributed by atoms with Crippen LogP contribution in [0.2, 0.25) is 0 Å². The number of nitrogens with zero attached hydrogens (tertiary/aromatic N) is 2. The molecule has 0 atom stereocenters. The molecule has 2 rings (SSSR count). The highest BCUT2D eigenvalue weighted by Gasteiger charge is 2.22. The minimum absolute atomic E-state index is 0.115. The average Bonchev–Trinajstić information content (AvgIpc) is 2.36. The maximum absolute atomic E-state index is 13.5. The fraction of sp³-hybridized carbons (Fsp3) is 0. The number of hydrogen-bond donors (Lipinski definition) is 2. The molecule has 20 heavy (non-hydrogen) atoms. The molecule has 1 aromatic carbocycles. The summed E-state index contributed by atoms with van der Waals surface area (Å²) in [5.74, 6) is -2.41. The van der Waals surface area contributed by atoms with E-state index in [1.54, 1.807) is 0 Å². The smallest absolute Gasteiger partial charge is 0.266 e. The Morgan fingerprint density at radius 3 is 2.45 bits per heavy atom. The summed E-state index contributed by atoms with van der Waals surface area (Å²) in [6, 6.07) is 1.09. The van der Waals surface area contributed by atoms with Crippen LogP contribution < -0.4 is 10.5 Å². The quantitative estimate of drug-likeness (QED) is 0.810. The van der Waals surface area contributed by atoms with Crippen molar-refractivity contribution in [2.45, 2.75) is 4.90 Å². The second-order valence-electron chi connectivity index (χ2n) is 3.63. The Bertz CT molecular complexity index is 753. The summed E-state index contributed by atoms with van der Waals surface area (Å²) in [5.41, 5.74) is 4.75. The Balaban J connectivity index is 2.40. The molecule has 0 saturated carbocycles. The molecule has 0 saturated heterocycles. The molecule has 106 valence electrons. The lowest BCUT2D eigenvalue weighted by molar-refractivity contribution is 0.553. The largest absolute Gasteiger partial charge is 0.396 e. The highest BCUT2D eigenvalue weighted by atomic mass is 79.9. The predicted octanol–water partition coefficient (Wildman–Crippen LogP) is 1.90. The van der Waals surface area contributed by atoms with Crippen LogP contribution >= 0.6 is 15.9 Å².